The summed E-state index contributed by atoms with van der Waals surface area (Å²) in [6.07, 6.45) is 6.39. The molecule has 0 radical (unpaired) electrons. The molecule has 3 heterocycles. The largest absolute Gasteiger partial charge is 0.369 e. The third-order valence-electron chi connectivity index (χ3n) is 4.96. The van der Waals surface area contributed by atoms with E-state index in [1.54, 1.807) is 0 Å². The van der Waals surface area contributed by atoms with Gasteiger partial charge in [-0.3, -0.25) is 10.00 Å². The van der Waals surface area contributed by atoms with Gasteiger partial charge in [-0.05, 0) is 37.3 Å². The summed E-state index contributed by atoms with van der Waals surface area (Å²) >= 11 is 0. The van der Waals surface area contributed by atoms with Gasteiger partial charge in [0.15, 0.2) is 0 Å². The first-order valence-electron chi connectivity index (χ1n) is 8.43. The molecule has 5 nitrogen and oxygen atoms in total. The van der Waals surface area contributed by atoms with Crippen LogP contribution < -0.4 is 4.90 Å². The molecule has 23 heavy (non-hydrogen) atoms. The van der Waals surface area contributed by atoms with Crippen LogP contribution in [-0.4, -0.2) is 46.3 Å². The molecule has 0 bridgehead atoms. The summed E-state index contributed by atoms with van der Waals surface area (Å²) < 4.78 is 13.3. The molecule has 1 saturated heterocycles. The van der Waals surface area contributed by atoms with Crippen LogP contribution in [0.3, 0.4) is 0 Å². The zero-order chi connectivity index (χ0) is 15.6. The van der Waals surface area contributed by atoms with Crippen LogP contribution in [0.25, 0.3) is 0 Å². The molecule has 122 valence electrons. The van der Waals surface area contributed by atoms with Crippen molar-refractivity contribution in [3.63, 3.8) is 0 Å². The van der Waals surface area contributed by atoms with Gasteiger partial charge in [0.05, 0.1) is 5.69 Å². The van der Waals surface area contributed by atoms with Crippen LogP contribution in [0.15, 0.2) is 18.3 Å². The van der Waals surface area contributed by atoms with Crippen LogP contribution in [0, 0.1) is 5.95 Å². The molecule has 0 saturated carbocycles. The number of halogens is 1. The lowest BCUT2D eigenvalue weighted by atomic mass is 9.96. The Morgan fingerprint density at radius 1 is 1.13 bits per heavy atom. The van der Waals surface area contributed by atoms with Gasteiger partial charge in [0.1, 0.15) is 0 Å². The number of fused-ring (bicyclic) bond motifs is 1. The first-order chi connectivity index (χ1) is 11.3. The fourth-order valence-electron chi connectivity index (χ4n) is 3.65. The summed E-state index contributed by atoms with van der Waals surface area (Å²) in [4.78, 5) is 8.29. The van der Waals surface area contributed by atoms with Crippen molar-refractivity contribution in [2.45, 2.75) is 32.2 Å². The number of aromatic nitrogens is 3. The molecule has 1 fully saturated rings. The molecule has 1 aliphatic heterocycles. The van der Waals surface area contributed by atoms with Crippen molar-refractivity contribution in [2.75, 3.05) is 31.1 Å². The van der Waals surface area contributed by atoms with Crippen molar-refractivity contribution >= 4 is 5.69 Å². The minimum atomic E-state index is -0.409. The number of anilines is 1. The maximum absolute atomic E-state index is 13.3. The molecule has 2 aromatic heterocycles. The molecule has 4 rings (SSSR count). The lowest BCUT2D eigenvalue weighted by Gasteiger charge is -2.35. The minimum absolute atomic E-state index is 0.409. The Morgan fingerprint density at radius 3 is 2.78 bits per heavy atom. The third kappa shape index (κ3) is 3.08. The number of rotatable bonds is 3. The smallest absolute Gasteiger partial charge is 0.214 e. The summed E-state index contributed by atoms with van der Waals surface area (Å²) in [7, 11) is 0. The van der Waals surface area contributed by atoms with Crippen molar-refractivity contribution in [1.82, 2.24) is 20.1 Å². The number of aromatic amines is 1. The highest BCUT2D eigenvalue weighted by molar-refractivity contribution is 5.45. The maximum Gasteiger partial charge on any atom is 0.214 e. The van der Waals surface area contributed by atoms with Crippen LogP contribution >= 0.6 is 0 Å². The average molecular weight is 315 g/mol. The fourth-order valence-corrected chi connectivity index (χ4v) is 3.65. The standard InChI is InChI=1S/C17H22FN5/c18-17-11-13(5-6-19-17)23-9-7-22(8-10-23)12-16-14-3-1-2-4-15(14)20-21-16/h5-6,11H,1-4,7-10,12H2,(H,20,21). The van der Waals surface area contributed by atoms with Gasteiger partial charge in [-0.15, -0.1) is 0 Å². The number of piperazine rings is 1. The fraction of sp³-hybridized carbons (Fsp3) is 0.529. The topological polar surface area (TPSA) is 48.0 Å². The molecular weight excluding hydrogens is 293 g/mol. The third-order valence-corrected chi connectivity index (χ3v) is 4.96. The highest BCUT2D eigenvalue weighted by Gasteiger charge is 2.22. The second-order valence-electron chi connectivity index (χ2n) is 6.43. The first kappa shape index (κ1) is 14.6. The molecule has 2 aromatic rings. The highest BCUT2D eigenvalue weighted by atomic mass is 19.1. The Morgan fingerprint density at radius 2 is 1.96 bits per heavy atom. The predicted molar refractivity (Wildman–Crippen MR) is 86.9 cm³/mol. The number of hydrogen-bond acceptors (Lipinski definition) is 4. The van der Waals surface area contributed by atoms with Crippen molar-refractivity contribution in [2.24, 2.45) is 0 Å². The predicted octanol–water partition coefficient (Wildman–Crippen LogP) is 2.14. The quantitative estimate of drug-likeness (QED) is 0.882. The molecule has 2 aliphatic rings. The monoisotopic (exact) mass is 315 g/mol. The second kappa shape index (κ2) is 6.28. The molecule has 6 heteroatoms. The van der Waals surface area contributed by atoms with Gasteiger partial charge in [0.25, 0.3) is 0 Å². The number of nitrogens with one attached hydrogen (secondary N) is 1. The zero-order valence-electron chi connectivity index (χ0n) is 13.3. The molecule has 0 amide bonds. The van der Waals surface area contributed by atoms with E-state index in [1.807, 2.05) is 6.07 Å². The number of hydrogen-bond donors (Lipinski definition) is 1. The van der Waals surface area contributed by atoms with E-state index >= 15 is 0 Å². The van der Waals surface area contributed by atoms with Crippen LogP contribution in [0.4, 0.5) is 10.1 Å². The van der Waals surface area contributed by atoms with Gasteiger partial charge in [-0.2, -0.15) is 9.49 Å². The van der Waals surface area contributed by atoms with Gasteiger partial charge >= 0.3 is 0 Å². The van der Waals surface area contributed by atoms with E-state index in [1.165, 1.54) is 42.1 Å². The van der Waals surface area contributed by atoms with Gasteiger partial charge in [-0.25, -0.2) is 4.98 Å². The summed E-state index contributed by atoms with van der Waals surface area (Å²) in [6.45, 7) is 4.70. The number of pyridine rings is 1. The highest BCUT2D eigenvalue weighted by Crippen LogP contribution is 2.24. The van der Waals surface area contributed by atoms with E-state index in [9.17, 15) is 4.39 Å². The summed E-state index contributed by atoms with van der Waals surface area (Å²) in [5.41, 5.74) is 4.95. The lowest BCUT2D eigenvalue weighted by molar-refractivity contribution is 0.246. The van der Waals surface area contributed by atoms with Crippen molar-refractivity contribution < 1.29 is 4.39 Å². The average Bonchev–Trinajstić information content (AvgIpc) is 2.99. The van der Waals surface area contributed by atoms with Crippen molar-refractivity contribution in [3.8, 4) is 0 Å². The van der Waals surface area contributed by atoms with Gasteiger partial charge in [0.2, 0.25) is 5.95 Å². The van der Waals surface area contributed by atoms with E-state index < -0.39 is 5.95 Å². The van der Waals surface area contributed by atoms with Crippen LogP contribution in [0.2, 0.25) is 0 Å². The molecule has 1 N–H and O–H groups in total. The van der Waals surface area contributed by atoms with Gasteiger partial charge in [0, 0.05) is 56.4 Å². The van der Waals surface area contributed by atoms with Gasteiger partial charge < -0.3 is 4.90 Å². The molecule has 0 spiro atoms. The SMILES string of the molecule is Fc1cc(N2CCN(Cc3n[nH]c4c3CCCC4)CC2)ccn1. The van der Waals surface area contributed by atoms with Crippen LogP contribution in [0.1, 0.15) is 29.8 Å². The van der Waals surface area contributed by atoms with Crippen molar-refractivity contribution in [3.05, 3.63) is 41.2 Å². The lowest BCUT2D eigenvalue weighted by Crippen LogP contribution is -2.46. The van der Waals surface area contributed by atoms with Crippen LogP contribution in [-0.2, 0) is 19.4 Å². The Bertz CT molecular complexity index is 675. The normalized spacial score (nSPS) is 18.9. The number of nitrogens with zero attached hydrogens (tertiary/aromatic N) is 4. The Hall–Kier alpha value is -1.95. The molecule has 0 unspecified atom stereocenters. The number of H-pyrrole nitrogens is 1. The Labute approximate surface area is 135 Å². The van der Waals surface area contributed by atoms with Crippen molar-refractivity contribution in [1.29, 1.82) is 0 Å². The summed E-state index contributed by atoms with van der Waals surface area (Å²) in [6, 6.07) is 3.39. The zero-order valence-corrected chi connectivity index (χ0v) is 13.3. The van der Waals surface area contributed by atoms with E-state index in [4.69, 9.17) is 0 Å². The second-order valence-corrected chi connectivity index (χ2v) is 6.43. The summed E-state index contributed by atoms with van der Waals surface area (Å²) in [5, 5.41) is 7.76. The Balaban J connectivity index is 1.37. The minimum Gasteiger partial charge on any atom is -0.369 e. The maximum atomic E-state index is 13.3. The van der Waals surface area contributed by atoms with E-state index in [0.29, 0.717) is 0 Å². The molecular formula is C17H22FN5. The Kier molecular flexibility index (Phi) is 3.99. The molecule has 0 aromatic carbocycles. The number of aryl methyl sites for hydroxylation is 1. The van der Waals surface area contributed by atoms with E-state index in [-0.39, 0.29) is 0 Å². The molecule has 1 aliphatic carbocycles. The summed E-state index contributed by atoms with van der Waals surface area (Å²) in [5.74, 6) is -0.409. The van der Waals surface area contributed by atoms with E-state index in [0.717, 1.165) is 51.3 Å². The van der Waals surface area contributed by atoms with Gasteiger partial charge in [-0.1, -0.05) is 0 Å². The van der Waals surface area contributed by atoms with Crippen LogP contribution in [0.5, 0.6) is 0 Å². The van der Waals surface area contributed by atoms with E-state index in [2.05, 4.69) is 25.0 Å². The molecule has 0 atom stereocenters. The first-order valence-corrected chi connectivity index (χ1v) is 8.43.